The Balaban J connectivity index is 2.25. The molecule has 1 aromatic heterocycles. The van der Waals surface area contributed by atoms with E-state index in [2.05, 4.69) is 16.6 Å². The second-order valence-electron chi connectivity index (χ2n) is 4.80. The van der Waals surface area contributed by atoms with Crippen molar-refractivity contribution in [3.63, 3.8) is 0 Å². The lowest BCUT2D eigenvalue weighted by atomic mass is 10.1. The Kier molecular flexibility index (Phi) is 4.77. The van der Waals surface area contributed by atoms with Gasteiger partial charge in [0, 0.05) is 12.1 Å². The molecule has 0 spiro atoms. The maximum Gasteiger partial charge on any atom is 0.387 e. The molecule has 1 heterocycles. The Morgan fingerprint density at radius 3 is 2.52 bits per heavy atom. The highest BCUT2D eigenvalue weighted by Gasteiger charge is 2.13. The van der Waals surface area contributed by atoms with Gasteiger partial charge in [0.2, 0.25) is 0 Å². The van der Waals surface area contributed by atoms with Gasteiger partial charge in [-0.05, 0) is 37.6 Å². The number of alkyl halides is 2. The molecule has 1 aromatic carbocycles. The highest BCUT2D eigenvalue weighted by molar-refractivity contribution is 5.71. The van der Waals surface area contributed by atoms with Crippen LogP contribution >= 0.6 is 0 Å². The Morgan fingerprint density at radius 1 is 1.29 bits per heavy atom. The highest BCUT2D eigenvalue weighted by Crippen LogP contribution is 2.28. The number of rotatable bonds is 6. The summed E-state index contributed by atoms with van der Waals surface area (Å²) in [6.45, 7) is 2.03. The molecule has 4 nitrogen and oxygen atoms in total. The SMILES string of the molecule is CCCCn1c(C)nc(-c2ccc(OC(F)F)cc2)c1N. The normalized spacial score (nSPS) is 11.1. The molecule has 0 aliphatic heterocycles. The molecule has 114 valence electrons. The molecular weight excluding hydrogens is 276 g/mol. The molecule has 21 heavy (non-hydrogen) atoms. The number of hydrogen-bond donors (Lipinski definition) is 1. The summed E-state index contributed by atoms with van der Waals surface area (Å²) in [6.07, 6.45) is 2.11. The fraction of sp³-hybridized carbons (Fsp3) is 0.400. The van der Waals surface area contributed by atoms with Crippen molar-refractivity contribution < 1.29 is 13.5 Å². The zero-order valence-corrected chi connectivity index (χ0v) is 12.1. The number of hydrogen-bond acceptors (Lipinski definition) is 3. The number of ether oxygens (including phenoxy) is 1. The lowest BCUT2D eigenvalue weighted by Crippen LogP contribution is -2.05. The van der Waals surface area contributed by atoms with Crippen LogP contribution in [0.4, 0.5) is 14.6 Å². The molecule has 0 bridgehead atoms. The van der Waals surface area contributed by atoms with Crippen LogP contribution in [-0.2, 0) is 6.54 Å². The van der Waals surface area contributed by atoms with E-state index in [0.29, 0.717) is 11.5 Å². The number of imidazole rings is 1. The van der Waals surface area contributed by atoms with E-state index < -0.39 is 6.61 Å². The highest BCUT2D eigenvalue weighted by atomic mass is 19.3. The smallest absolute Gasteiger partial charge is 0.387 e. The number of unbranched alkanes of at least 4 members (excludes halogenated alkanes) is 1. The molecule has 0 saturated heterocycles. The van der Waals surface area contributed by atoms with Crippen molar-refractivity contribution in [2.45, 2.75) is 39.8 Å². The number of nitrogens with zero attached hydrogens (tertiary/aromatic N) is 2. The number of aromatic nitrogens is 2. The second-order valence-corrected chi connectivity index (χ2v) is 4.80. The third kappa shape index (κ3) is 3.51. The summed E-state index contributed by atoms with van der Waals surface area (Å²) in [5.74, 6) is 1.57. The van der Waals surface area contributed by atoms with Crippen LogP contribution in [0.15, 0.2) is 24.3 Å². The third-order valence-electron chi connectivity index (χ3n) is 3.29. The first-order valence-corrected chi connectivity index (χ1v) is 6.90. The predicted molar refractivity (Wildman–Crippen MR) is 78.4 cm³/mol. The molecular formula is C15H19F2N3O. The predicted octanol–water partition coefficient (Wildman–Crippen LogP) is 3.84. The minimum Gasteiger partial charge on any atom is -0.435 e. The van der Waals surface area contributed by atoms with Gasteiger partial charge in [0.15, 0.2) is 0 Å². The van der Waals surface area contributed by atoms with Gasteiger partial charge < -0.3 is 15.0 Å². The van der Waals surface area contributed by atoms with Crippen LogP contribution in [0.5, 0.6) is 5.75 Å². The zero-order chi connectivity index (χ0) is 15.4. The molecule has 0 atom stereocenters. The first-order chi connectivity index (χ1) is 10.0. The zero-order valence-electron chi connectivity index (χ0n) is 12.1. The number of halogens is 2. The fourth-order valence-corrected chi connectivity index (χ4v) is 2.19. The number of aryl methyl sites for hydroxylation is 1. The van der Waals surface area contributed by atoms with Gasteiger partial charge in [-0.25, -0.2) is 4.98 Å². The molecule has 0 radical (unpaired) electrons. The topological polar surface area (TPSA) is 53.1 Å². The summed E-state index contributed by atoms with van der Waals surface area (Å²) in [7, 11) is 0. The van der Waals surface area contributed by atoms with Gasteiger partial charge in [0.25, 0.3) is 0 Å². The third-order valence-corrected chi connectivity index (χ3v) is 3.29. The van der Waals surface area contributed by atoms with E-state index >= 15 is 0 Å². The van der Waals surface area contributed by atoms with E-state index in [1.54, 1.807) is 12.1 Å². The van der Waals surface area contributed by atoms with Crippen molar-refractivity contribution in [2.75, 3.05) is 5.73 Å². The molecule has 0 unspecified atom stereocenters. The van der Waals surface area contributed by atoms with Crippen LogP contribution in [0.1, 0.15) is 25.6 Å². The van der Waals surface area contributed by atoms with Gasteiger partial charge in [-0.15, -0.1) is 0 Å². The molecule has 6 heteroatoms. The van der Waals surface area contributed by atoms with E-state index in [1.165, 1.54) is 12.1 Å². The van der Waals surface area contributed by atoms with E-state index in [-0.39, 0.29) is 5.75 Å². The summed E-state index contributed by atoms with van der Waals surface area (Å²) in [6, 6.07) is 6.34. The quantitative estimate of drug-likeness (QED) is 0.881. The Labute approximate surface area is 122 Å². The Bertz CT molecular complexity index is 594. The van der Waals surface area contributed by atoms with E-state index in [1.807, 2.05) is 11.5 Å². The molecule has 2 aromatic rings. The maximum absolute atomic E-state index is 12.1. The fourth-order valence-electron chi connectivity index (χ4n) is 2.19. The van der Waals surface area contributed by atoms with Crippen molar-refractivity contribution in [1.82, 2.24) is 9.55 Å². The largest absolute Gasteiger partial charge is 0.435 e. The van der Waals surface area contributed by atoms with Crippen molar-refractivity contribution in [3.8, 4) is 17.0 Å². The van der Waals surface area contributed by atoms with E-state index in [4.69, 9.17) is 5.73 Å². The molecule has 2 rings (SSSR count). The van der Waals surface area contributed by atoms with Gasteiger partial charge in [0.1, 0.15) is 23.1 Å². The van der Waals surface area contributed by atoms with Gasteiger partial charge >= 0.3 is 6.61 Å². The van der Waals surface area contributed by atoms with Crippen LogP contribution in [0.25, 0.3) is 11.3 Å². The van der Waals surface area contributed by atoms with Crippen molar-refractivity contribution in [2.24, 2.45) is 0 Å². The Hall–Kier alpha value is -2.11. The van der Waals surface area contributed by atoms with Gasteiger partial charge in [-0.3, -0.25) is 0 Å². The first kappa shape index (κ1) is 15.3. The number of nitrogen functional groups attached to an aromatic ring is 1. The minimum absolute atomic E-state index is 0.120. The van der Waals surface area contributed by atoms with E-state index in [0.717, 1.165) is 30.8 Å². The van der Waals surface area contributed by atoms with Gasteiger partial charge in [-0.1, -0.05) is 13.3 Å². The molecule has 0 amide bonds. The van der Waals surface area contributed by atoms with Crippen molar-refractivity contribution >= 4 is 5.82 Å². The first-order valence-electron chi connectivity index (χ1n) is 6.90. The van der Waals surface area contributed by atoms with Crippen LogP contribution < -0.4 is 10.5 Å². The van der Waals surface area contributed by atoms with Crippen LogP contribution in [0.2, 0.25) is 0 Å². The van der Waals surface area contributed by atoms with Crippen molar-refractivity contribution in [3.05, 3.63) is 30.1 Å². The van der Waals surface area contributed by atoms with Gasteiger partial charge in [0.05, 0.1) is 0 Å². The number of nitrogens with two attached hydrogens (primary N) is 1. The lowest BCUT2D eigenvalue weighted by molar-refractivity contribution is -0.0498. The molecule has 0 aliphatic carbocycles. The molecule has 0 saturated carbocycles. The van der Waals surface area contributed by atoms with Crippen LogP contribution in [-0.4, -0.2) is 16.2 Å². The van der Waals surface area contributed by atoms with Crippen LogP contribution in [0, 0.1) is 6.92 Å². The van der Waals surface area contributed by atoms with Crippen molar-refractivity contribution in [1.29, 1.82) is 0 Å². The average Bonchev–Trinajstić information content (AvgIpc) is 2.72. The number of anilines is 1. The van der Waals surface area contributed by atoms with E-state index in [9.17, 15) is 8.78 Å². The summed E-state index contributed by atoms with van der Waals surface area (Å²) in [4.78, 5) is 4.47. The maximum atomic E-state index is 12.1. The number of benzene rings is 1. The summed E-state index contributed by atoms with van der Waals surface area (Å²) >= 11 is 0. The molecule has 2 N–H and O–H groups in total. The minimum atomic E-state index is -2.82. The van der Waals surface area contributed by atoms with Gasteiger partial charge in [-0.2, -0.15) is 8.78 Å². The summed E-state index contributed by atoms with van der Waals surface area (Å²) in [5, 5.41) is 0. The monoisotopic (exact) mass is 295 g/mol. The summed E-state index contributed by atoms with van der Waals surface area (Å²) in [5.41, 5.74) is 7.60. The molecule has 0 fully saturated rings. The standard InChI is InChI=1S/C15H19F2N3O/c1-3-4-9-20-10(2)19-13(14(20)18)11-5-7-12(8-6-11)21-15(16)17/h5-8,15H,3-4,9,18H2,1-2H3. The molecule has 0 aliphatic rings. The van der Waals surface area contributed by atoms with Crippen LogP contribution in [0.3, 0.4) is 0 Å². The lowest BCUT2D eigenvalue weighted by Gasteiger charge is -2.07. The second kappa shape index (κ2) is 6.56. The average molecular weight is 295 g/mol. The Morgan fingerprint density at radius 2 is 1.95 bits per heavy atom. The summed E-state index contributed by atoms with van der Waals surface area (Å²) < 4.78 is 30.6.